The van der Waals surface area contributed by atoms with Crippen molar-refractivity contribution >= 4 is 22.6 Å². The molecule has 0 atom stereocenters. The fraction of sp³-hybridized carbons (Fsp3) is 0.368. The molecule has 0 unspecified atom stereocenters. The second kappa shape index (κ2) is 6.82. The van der Waals surface area contributed by atoms with Gasteiger partial charge in [-0.15, -0.1) is 0 Å². The van der Waals surface area contributed by atoms with E-state index in [0.717, 1.165) is 11.7 Å². The molecule has 1 fully saturated rings. The van der Waals surface area contributed by atoms with Crippen molar-refractivity contribution in [2.24, 2.45) is 0 Å². The molecule has 21 heavy (non-hydrogen) atoms. The first-order chi connectivity index (χ1) is 10.3. The second-order valence-corrected chi connectivity index (χ2v) is 6.96. The predicted octanol–water partition coefficient (Wildman–Crippen LogP) is 6.01. The van der Waals surface area contributed by atoms with Gasteiger partial charge in [-0.3, -0.25) is 0 Å². The van der Waals surface area contributed by atoms with Crippen molar-refractivity contribution in [3.63, 3.8) is 0 Å². The summed E-state index contributed by atoms with van der Waals surface area (Å²) in [6.07, 6.45) is 6.88. The smallest absolute Gasteiger partial charge is 0.118 e. The lowest BCUT2D eigenvalue weighted by molar-refractivity contribution is 0.415. The molecule has 2 aromatic carbocycles. The zero-order valence-electron chi connectivity index (χ0n) is 12.4. The highest BCUT2D eigenvalue weighted by atomic mass is 127. The van der Waals surface area contributed by atoms with Crippen molar-refractivity contribution in [2.75, 3.05) is 7.11 Å². The van der Waals surface area contributed by atoms with Gasteiger partial charge in [0.1, 0.15) is 5.75 Å². The Morgan fingerprint density at radius 1 is 0.952 bits per heavy atom. The minimum atomic E-state index is 0.757. The van der Waals surface area contributed by atoms with Crippen LogP contribution in [0.4, 0.5) is 0 Å². The zero-order valence-corrected chi connectivity index (χ0v) is 14.6. The van der Waals surface area contributed by atoms with Crippen LogP contribution in [0, 0.1) is 3.57 Å². The van der Waals surface area contributed by atoms with Gasteiger partial charge in [-0.25, -0.2) is 0 Å². The van der Waals surface area contributed by atoms with Crippen molar-refractivity contribution in [3.8, 4) is 16.9 Å². The van der Waals surface area contributed by atoms with Gasteiger partial charge in [0.05, 0.1) is 7.11 Å². The lowest BCUT2D eigenvalue weighted by Crippen LogP contribution is -2.04. The molecule has 0 amide bonds. The lowest BCUT2D eigenvalue weighted by Gasteiger charge is -2.23. The molecule has 0 bridgehead atoms. The Kier molecular flexibility index (Phi) is 4.84. The molecule has 0 spiro atoms. The van der Waals surface area contributed by atoms with Crippen LogP contribution in [0.15, 0.2) is 42.5 Å². The molecule has 1 nitrogen and oxygen atoms in total. The molecule has 3 rings (SSSR count). The average Bonchev–Trinajstić information content (AvgIpc) is 2.56. The van der Waals surface area contributed by atoms with Crippen LogP contribution >= 0.6 is 22.6 Å². The Bertz CT molecular complexity index is 597. The molecular formula is C19H21IO. The molecule has 0 N–H and O–H groups in total. The number of ether oxygens (including phenoxy) is 1. The fourth-order valence-electron chi connectivity index (χ4n) is 3.22. The lowest BCUT2D eigenvalue weighted by atomic mass is 9.83. The van der Waals surface area contributed by atoms with Gasteiger partial charge in [-0.05, 0) is 82.3 Å². The summed E-state index contributed by atoms with van der Waals surface area (Å²) in [6.45, 7) is 0. The van der Waals surface area contributed by atoms with E-state index in [1.807, 2.05) is 12.1 Å². The SMILES string of the molecule is COc1ccc(-c2cc(C3CCCCC3)ccc2I)cc1. The minimum Gasteiger partial charge on any atom is -0.497 e. The summed E-state index contributed by atoms with van der Waals surface area (Å²) in [5, 5.41) is 0. The number of benzene rings is 2. The third-order valence-corrected chi connectivity index (χ3v) is 5.41. The van der Waals surface area contributed by atoms with E-state index in [-0.39, 0.29) is 0 Å². The molecule has 1 saturated carbocycles. The van der Waals surface area contributed by atoms with E-state index >= 15 is 0 Å². The molecule has 0 aliphatic heterocycles. The normalized spacial score (nSPS) is 15.9. The Morgan fingerprint density at radius 2 is 1.67 bits per heavy atom. The number of methoxy groups -OCH3 is 1. The number of rotatable bonds is 3. The van der Waals surface area contributed by atoms with Crippen LogP contribution in [-0.2, 0) is 0 Å². The summed E-state index contributed by atoms with van der Waals surface area (Å²) in [5.41, 5.74) is 4.14. The van der Waals surface area contributed by atoms with E-state index < -0.39 is 0 Å². The first-order valence-corrected chi connectivity index (χ1v) is 8.79. The topological polar surface area (TPSA) is 9.23 Å². The highest BCUT2D eigenvalue weighted by molar-refractivity contribution is 14.1. The quantitative estimate of drug-likeness (QED) is 0.581. The number of halogens is 1. The van der Waals surface area contributed by atoms with Gasteiger partial charge in [0.2, 0.25) is 0 Å². The first-order valence-electron chi connectivity index (χ1n) is 7.72. The van der Waals surface area contributed by atoms with E-state index in [9.17, 15) is 0 Å². The Morgan fingerprint density at radius 3 is 2.33 bits per heavy atom. The number of hydrogen-bond donors (Lipinski definition) is 0. The molecule has 2 aromatic rings. The number of hydrogen-bond acceptors (Lipinski definition) is 1. The summed E-state index contributed by atoms with van der Waals surface area (Å²) in [4.78, 5) is 0. The summed E-state index contributed by atoms with van der Waals surface area (Å²) in [6, 6.07) is 15.4. The third-order valence-electron chi connectivity index (χ3n) is 4.47. The molecule has 1 aliphatic carbocycles. The minimum absolute atomic E-state index is 0.757. The van der Waals surface area contributed by atoms with E-state index in [4.69, 9.17) is 4.74 Å². The average molecular weight is 392 g/mol. The van der Waals surface area contributed by atoms with Crippen LogP contribution in [0.1, 0.15) is 43.6 Å². The van der Waals surface area contributed by atoms with E-state index in [1.165, 1.54) is 52.4 Å². The van der Waals surface area contributed by atoms with Crippen molar-refractivity contribution in [1.29, 1.82) is 0 Å². The highest BCUT2D eigenvalue weighted by Crippen LogP contribution is 2.36. The van der Waals surface area contributed by atoms with Gasteiger partial charge in [0.15, 0.2) is 0 Å². The van der Waals surface area contributed by atoms with Crippen LogP contribution in [-0.4, -0.2) is 7.11 Å². The maximum Gasteiger partial charge on any atom is 0.118 e. The largest absolute Gasteiger partial charge is 0.497 e. The summed E-state index contributed by atoms with van der Waals surface area (Å²) < 4.78 is 6.57. The van der Waals surface area contributed by atoms with Crippen molar-refractivity contribution in [3.05, 3.63) is 51.6 Å². The maximum atomic E-state index is 5.25. The molecule has 0 aromatic heterocycles. The zero-order chi connectivity index (χ0) is 14.7. The molecule has 0 saturated heterocycles. The molecule has 0 heterocycles. The van der Waals surface area contributed by atoms with Gasteiger partial charge in [0, 0.05) is 3.57 Å². The Labute approximate surface area is 140 Å². The molecular weight excluding hydrogens is 371 g/mol. The molecule has 2 heteroatoms. The second-order valence-electron chi connectivity index (χ2n) is 5.80. The monoisotopic (exact) mass is 392 g/mol. The third kappa shape index (κ3) is 3.42. The van der Waals surface area contributed by atoms with Gasteiger partial charge in [0.25, 0.3) is 0 Å². The Hall–Kier alpha value is -1.03. The van der Waals surface area contributed by atoms with E-state index in [0.29, 0.717) is 0 Å². The van der Waals surface area contributed by atoms with Gasteiger partial charge < -0.3 is 4.74 Å². The standard InChI is InChI=1S/C19H21IO/c1-21-17-10-7-15(8-11-17)18-13-16(9-12-19(18)20)14-5-3-2-4-6-14/h7-14H,2-6H2,1H3. The van der Waals surface area contributed by atoms with Gasteiger partial charge >= 0.3 is 0 Å². The Balaban J connectivity index is 1.92. The summed E-state index contributed by atoms with van der Waals surface area (Å²) in [7, 11) is 1.71. The predicted molar refractivity (Wildman–Crippen MR) is 97.0 cm³/mol. The van der Waals surface area contributed by atoms with Gasteiger partial charge in [-0.1, -0.05) is 37.5 Å². The summed E-state index contributed by atoms with van der Waals surface area (Å²) in [5.74, 6) is 1.67. The first kappa shape index (κ1) is 14.9. The van der Waals surface area contributed by atoms with Crippen LogP contribution in [0.3, 0.4) is 0 Å². The highest BCUT2D eigenvalue weighted by Gasteiger charge is 2.16. The fourth-order valence-corrected chi connectivity index (χ4v) is 3.87. The molecule has 1 aliphatic rings. The summed E-state index contributed by atoms with van der Waals surface area (Å²) >= 11 is 2.44. The van der Waals surface area contributed by atoms with E-state index in [2.05, 4.69) is 52.9 Å². The van der Waals surface area contributed by atoms with Crippen LogP contribution in [0.25, 0.3) is 11.1 Å². The molecule has 110 valence electrons. The van der Waals surface area contributed by atoms with Crippen molar-refractivity contribution in [1.82, 2.24) is 0 Å². The molecule has 0 radical (unpaired) electrons. The maximum absolute atomic E-state index is 5.25. The van der Waals surface area contributed by atoms with Crippen LogP contribution in [0.2, 0.25) is 0 Å². The van der Waals surface area contributed by atoms with Crippen LogP contribution in [0.5, 0.6) is 5.75 Å². The van der Waals surface area contributed by atoms with E-state index in [1.54, 1.807) is 7.11 Å². The van der Waals surface area contributed by atoms with Crippen molar-refractivity contribution in [2.45, 2.75) is 38.0 Å². The van der Waals surface area contributed by atoms with Gasteiger partial charge in [-0.2, -0.15) is 0 Å². The van der Waals surface area contributed by atoms with Crippen LogP contribution < -0.4 is 4.74 Å². The van der Waals surface area contributed by atoms with Crippen molar-refractivity contribution < 1.29 is 4.74 Å².